The Kier molecular flexibility index (Phi) is 4.96. The third-order valence-corrected chi connectivity index (χ3v) is 8.42. The van der Waals surface area contributed by atoms with Crippen LogP contribution in [0.15, 0.2) is 126 Å². The van der Waals surface area contributed by atoms with E-state index in [9.17, 15) is 0 Å². The molecule has 8 aromatic rings. The molecule has 0 N–H and O–H groups in total. The van der Waals surface area contributed by atoms with Crippen LogP contribution in [0.2, 0.25) is 0 Å². The van der Waals surface area contributed by atoms with Gasteiger partial charge in [0.1, 0.15) is 22.7 Å². The predicted octanol–water partition coefficient (Wildman–Crippen LogP) is 10.3. The first-order chi connectivity index (χ1) is 21.2. The number of furan rings is 1. The summed E-state index contributed by atoms with van der Waals surface area (Å²) in [5.74, 6) is 1.54. The predicted molar refractivity (Wildman–Crippen MR) is 171 cm³/mol. The fourth-order valence-electron chi connectivity index (χ4n) is 6.41. The summed E-state index contributed by atoms with van der Waals surface area (Å²) < 4.78 is 20.6. The molecule has 0 atom stereocenters. The minimum atomic E-state index is 0.137. The Labute approximate surface area is 246 Å². The summed E-state index contributed by atoms with van der Waals surface area (Å²) >= 11 is 0. The second-order valence-corrected chi connectivity index (χ2v) is 10.8. The van der Waals surface area contributed by atoms with E-state index in [0.717, 1.165) is 83.2 Å². The molecule has 1 aliphatic rings. The number of para-hydroxylation sites is 2. The van der Waals surface area contributed by atoms with Crippen molar-refractivity contribution < 1.29 is 13.9 Å². The van der Waals surface area contributed by atoms with E-state index in [1.807, 2.05) is 60.7 Å². The second kappa shape index (κ2) is 9.01. The summed E-state index contributed by atoms with van der Waals surface area (Å²) in [6.45, 7) is 7.66. The standard InChI is InChI=1S/C38H22N2O3/c1-39-25-12-15-34-30(20-25)27-6-2-4-8-33(27)40(34)26-13-17-36-32(21-26)31-18-23(11-16-35(31)41-22-42-36)24-10-14-29-28-7-3-5-9-37(28)43-38(29)19-24/h2-21H,22H2. The molecule has 0 saturated carbocycles. The number of ether oxygens (including phenoxy) is 2. The maximum absolute atomic E-state index is 7.52. The fourth-order valence-corrected chi connectivity index (χ4v) is 6.41. The molecule has 0 fully saturated rings. The maximum atomic E-state index is 7.52. The van der Waals surface area contributed by atoms with Crippen molar-refractivity contribution in [2.45, 2.75) is 0 Å². The summed E-state index contributed by atoms with van der Waals surface area (Å²) in [4.78, 5) is 3.67. The number of hydrogen-bond acceptors (Lipinski definition) is 3. The minimum absolute atomic E-state index is 0.137. The maximum Gasteiger partial charge on any atom is 0.230 e. The molecule has 0 bridgehead atoms. The smallest absolute Gasteiger partial charge is 0.230 e. The summed E-state index contributed by atoms with van der Waals surface area (Å²) in [5, 5.41) is 4.40. The molecule has 0 amide bonds. The van der Waals surface area contributed by atoms with Gasteiger partial charge in [-0.25, -0.2) is 4.85 Å². The third kappa shape index (κ3) is 3.57. The van der Waals surface area contributed by atoms with Gasteiger partial charge in [-0.2, -0.15) is 0 Å². The average Bonchev–Trinajstić information content (AvgIpc) is 3.53. The van der Waals surface area contributed by atoms with Gasteiger partial charge in [-0.3, -0.25) is 0 Å². The van der Waals surface area contributed by atoms with Crippen LogP contribution in [0.5, 0.6) is 11.5 Å². The van der Waals surface area contributed by atoms with Crippen LogP contribution >= 0.6 is 0 Å². The molecule has 0 unspecified atom stereocenters. The molecule has 43 heavy (non-hydrogen) atoms. The molecule has 1 aliphatic heterocycles. The Morgan fingerprint density at radius 1 is 0.558 bits per heavy atom. The zero-order valence-corrected chi connectivity index (χ0v) is 22.9. The average molecular weight is 555 g/mol. The van der Waals surface area contributed by atoms with Crippen LogP contribution in [-0.4, -0.2) is 11.4 Å². The SMILES string of the molecule is [C-]#[N+]c1ccc2c(c1)c1ccccc1n2-c1ccc2c(c1)-c1cc(-c3ccc4c(c3)oc3ccccc34)ccc1OCO2. The molecule has 2 aromatic heterocycles. The number of hydrogen-bond donors (Lipinski definition) is 0. The Morgan fingerprint density at radius 3 is 2.14 bits per heavy atom. The summed E-state index contributed by atoms with van der Waals surface area (Å²) in [5.41, 5.74) is 9.57. The second-order valence-electron chi connectivity index (χ2n) is 10.8. The van der Waals surface area contributed by atoms with Gasteiger partial charge >= 0.3 is 0 Å². The van der Waals surface area contributed by atoms with E-state index in [1.165, 1.54) is 0 Å². The quantitative estimate of drug-likeness (QED) is 0.200. The van der Waals surface area contributed by atoms with Crippen LogP contribution in [-0.2, 0) is 0 Å². The molecule has 9 rings (SSSR count). The van der Waals surface area contributed by atoms with Crippen molar-refractivity contribution in [3.8, 4) is 39.4 Å². The molecule has 202 valence electrons. The Hall–Kier alpha value is -5.99. The van der Waals surface area contributed by atoms with E-state index in [2.05, 4.69) is 70.1 Å². The number of rotatable bonds is 2. The highest BCUT2D eigenvalue weighted by atomic mass is 16.7. The van der Waals surface area contributed by atoms with Crippen molar-refractivity contribution in [1.29, 1.82) is 0 Å². The van der Waals surface area contributed by atoms with E-state index < -0.39 is 0 Å². The van der Waals surface area contributed by atoms with E-state index in [4.69, 9.17) is 20.5 Å². The molecule has 0 spiro atoms. The van der Waals surface area contributed by atoms with Crippen LogP contribution in [0.4, 0.5) is 5.69 Å². The van der Waals surface area contributed by atoms with Crippen LogP contribution in [0.25, 0.3) is 76.5 Å². The molecule has 5 nitrogen and oxygen atoms in total. The van der Waals surface area contributed by atoms with Crippen molar-refractivity contribution in [2.75, 3.05) is 6.79 Å². The van der Waals surface area contributed by atoms with Gasteiger partial charge in [0.25, 0.3) is 0 Å². The lowest BCUT2D eigenvalue weighted by atomic mass is 9.96. The van der Waals surface area contributed by atoms with Gasteiger partial charge in [-0.05, 0) is 83.2 Å². The highest BCUT2D eigenvalue weighted by Gasteiger charge is 2.20. The van der Waals surface area contributed by atoms with Gasteiger partial charge < -0.3 is 18.5 Å². The zero-order valence-electron chi connectivity index (χ0n) is 22.9. The van der Waals surface area contributed by atoms with Crippen molar-refractivity contribution in [3.05, 3.63) is 133 Å². The molecule has 0 aliphatic carbocycles. The summed E-state index contributed by atoms with van der Waals surface area (Å²) in [6, 6.07) is 41.3. The van der Waals surface area contributed by atoms with Gasteiger partial charge in [-0.1, -0.05) is 54.6 Å². The molecular formula is C38H22N2O3. The largest absolute Gasteiger partial charge is 0.457 e. The first-order valence-corrected chi connectivity index (χ1v) is 14.1. The highest BCUT2D eigenvalue weighted by Crippen LogP contribution is 2.44. The van der Waals surface area contributed by atoms with Crippen LogP contribution in [0.3, 0.4) is 0 Å². The van der Waals surface area contributed by atoms with E-state index in [1.54, 1.807) is 0 Å². The molecule has 3 heterocycles. The van der Waals surface area contributed by atoms with E-state index in [0.29, 0.717) is 5.69 Å². The van der Waals surface area contributed by atoms with Crippen molar-refractivity contribution >= 4 is 49.4 Å². The van der Waals surface area contributed by atoms with Crippen LogP contribution < -0.4 is 9.47 Å². The molecular weight excluding hydrogens is 532 g/mol. The van der Waals surface area contributed by atoms with Crippen molar-refractivity contribution in [2.24, 2.45) is 0 Å². The van der Waals surface area contributed by atoms with E-state index >= 15 is 0 Å². The number of fused-ring (bicyclic) bond motifs is 9. The van der Waals surface area contributed by atoms with Gasteiger partial charge in [0.15, 0.2) is 5.69 Å². The van der Waals surface area contributed by atoms with Gasteiger partial charge in [-0.15, -0.1) is 0 Å². The lowest BCUT2D eigenvalue weighted by Gasteiger charge is -2.14. The monoisotopic (exact) mass is 554 g/mol. The summed E-state index contributed by atoms with van der Waals surface area (Å²) in [7, 11) is 0. The topological polar surface area (TPSA) is 40.9 Å². The van der Waals surface area contributed by atoms with Crippen molar-refractivity contribution in [3.63, 3.8) is 0 Å². The van der Waals surface area contributed by atoms with Gasteiger partial charge in [0.2, 0.25) is 6.79 Å². The highest BCUT2D eigenvalue weighted by molar-refractivity contribution is 6.10. The first kappa shape index (κ1) is 23.7. The number of aromatic nitrogens is 1. The summed E-state index contributed by atoms with van der Waals surface area (Å²) in [6.07, 6.45) is 0. The van der Waals surface area contributed by atoms with E-state index in [-0.39, 0.29) is 6.79 Å². The van der Waals surface area contributed by atoms with Crippen LogP contribution in [0, 0.1) is 6.57 Å². The normalized spacial score (nSPS) is 12.4. The van der Waals surface area contributed by atoms with Gasteiger partial charge in [0, 0.05) is 33.0 Å². The van der Waals surface area contributed by atoms with Gasteiger partial charge in [0.05, 0.1) is 17.6 Å². The lowest BCUT2D eigenvalue weighted by molar-refractivity contribution is 0.125. The molecule has 0 radical (unpaired) electrons. The molecule has 5 heteroatoms. The Bertz CT molecular complexity index is 2460. The number of nitrogens with zero attached hydrogens (tertiary/aromatic N) is 2. The zero-order chi connectivity index (χ0) is 28.5. The van der Waals surface area contributed by atoms with Crippen molar-refractivity contribution in [1.82, 2.24) is 4.57 Å². The first-order valence-electron chi connectivity index (χ1n) is 14.1. The van der Waals surface area contributed by atoms with Crippen LogP contribution in [0.1, 0.15) is 0 Å². The fraction of sp³-hybridized carbons (Fsp3) is 0.0263. The lowest BCUT2D eigenvalue weighted by Crippen LogP contribution is -2.03. The number of benzene rings is 6. The Morgan fingerprint density at radius 2 is 1.26 bits per heavy atom. The minimum Gasteiger partial charge on any atom is -0.457 e. The molecule has 6 aromatic carbocycles. The Balaban J connectivity index is 1.23. The third-order valence-electron chi connectivity index (χ3n) is 8.42. The molecule has 0 saturated heterocycles.